The number of ketones is 2. The van der Waals surface area contributed by atoms with Crippen molar-refractivity contribution in [2.45, 2.75) is 175 Å². The lowest BCUT2D eigenvalue weighted by Gasteiger charge is -2.51. The average molecular weight is 751 g/mol. The fourth-order valence-corrected chi connectivity index (χ4v) is 7.92. The van der Waals surface area contributed by atoms with Crippen LogP contribution in [0.25, 0.3) is 0 Å². The summed E-state index contributed by atoms with van der Waals surface area (Å²) in [5.74, 6) is -3.16. The van der Waals surface area contributed by atoms with Gasteiger partial charge in [-0.15, -0.1) is 0 Å². The van der Waals surface area contributed by atoms with Crippen LogP contribution in [0, 0.1) is 35.5 Å². The molecule has 3 aliphatic heterocycles. The normalized spacial score (nSPS) is 29.0. The molecule has 0 aromatic heterocycles. The van der Waals surface area contributed by atoms with E-state index in [4.69, 9.17) is 18.9 Å². The van der Waals surface area contributed by atoms with Gasteiger partial charge in [0.2, 0.25) is 0 Å². The predicted molar refractivity (Wildman–Crippen MR) is 196 cm³/mol. The molecule has 12 heteroatoms. The number of cyclic esters (lactones) is 2. The Bertz CT molecular complexity index is 1320. The van der Waals surface area contributed by atoms with Crippen molar-refractivity contribution in [3.8, 4) is 0 Å². The third kappa shape index (κ3) is 12.0. The molecular weight excluding hydrogens is 684 g/mol. The van der Waals surface area contributed by atoms with Gasteiger partial charge in [-0.3, -0.25) is 14.4 Å². The average Bonchev–Trinajstić information content (AvgIpc) is 3.35. The first-order valence-corrected chi connectivity index (χ1v) is 19.7. The van der Waals surface area contributed by atoms with Crippen LogP contribution in [0.2, 0.25) is 0 Å². The summed E-state index contributed by atoms with van der Waals surface area (Å²) in [6, 6.07) is 0. The first-order chi connectivity index (χ1) is 24.8. The van der Waals surface area contributed by atoms with Crippen LogP contribution >= 0.6 is 0 Å². The molecular formula is C41H66O12. The minimum absolute atomic E-state index is 0.0106. The monoisotopic (exact) mass is 750 g/mol. The second-order valence-corrected chi connectivity index (χ2v) is 16.6. The number of aliphatic hydroxyl groups is 2. The van der Waals surface area contributed by atoms with Crippen molar-refractivity contribution in [3.63, 3.8) is 0 Å². The summed E-state index contributed by atoms with van der Waals surface area (Å²) in [6.45, 7) is 16.8. The van der Waals surface area contributed by atoms with E-state index in [0.717, 1.165) is 38.5 Å². The number of carbonyl (C=O) groups excluding carboxylic acids is 5. The van der Waals surface area contributed by atoms with Gasteiger partial charge in [-0.05, 0) is 82.5 Å². The SMILES string of the molecule is COC(C(O)CC(=O)C(C)C(O)CCC(C)C1OC2(CCC(C)C(CCC(C)C(C)=O)O2)CCC1C)C(OC(=O)CCC1=C(C)C(=O)OC1=O)C(C)C. The van der Waals surface area contributed by atoms with Crippen molar-refractivity contribution < 1.29 is 57.9 Å². The lowest BCUT2D eigenvalue weighted by Crippen LogP contribution is -2.53. The number of hydrogen-bond acceptors (Lipinski definition) is 12. The number of Topliss-reactive ketones (excluding diaryl/α,β-unsaturated/α-hetero) is 2. The molecule has 2 fully saturated rings. The van der Waals surface area contributed by atoms with Crippen molar-refractivity contribution >= 4 is 29.5 Å². The van der Waals surface area contributed by atoms with Gasteiger partial charge in [-0.1, -0.05) is 48.5 Å². The summed E-state index contributed by atoms with van der Waals surface area (Å²) in [4.78, 5) is 61.5. The molecule has 0 bridgehead atoms. The molecule has 302 valence electrons. The molecule has 0 saturated carbocycles. The minimum Gasteiger partial charge on any atom is -0.459 e. The van der Waals surface area contributed by atoms with Crippen LogP contribution in [0.15, 0.2) is 11.1 Å². The number of rotatable bonds is 20. The van der Waals surface area contributed by atoms with Crippen LogP contribution in [0.1, 0.15) is 133 Å². The second kappa shape index (κ2) is 19.9. The number of esters is 3. The Morgan fingerprint density at radius 2 is 1.53 bits per heavy atom. The van der Waals surface area contributed by atoms with Gasteiger partial charge in [0.1, 0.15) is 23.8 Å². The highest BCUT2D eigenvalue weighted by Crippen LogP contribution is 2.45. The number of ether oxygens (including phenoxy) is 5. The van der Waals surface area contributed by atoms with E-state index in [9.17, 15) is 34.2 Å². The lowest BCUT2D eigenvalue weighted by molar-refractivity contribution is -0.338. The smallest absolute Gasteiger partial charge is 0.342 e. The molecule has 0 radical (unpaired) electrons. The summed E-state index contributed by atoms with van der Waals surface area (Å²) in [5, 5.41) is 22.3. The van der Waals surface area contributed by atoms with Gasteiger partial charge in [0.15, 0.2) is 5.79 Å². The fraction of sp³-hybridized carbons (Fsp3) is 0.829. The standard InChI is InChI=1S/C41H66O12/c1-22(2)36(50-35(46)16-13-30-27(7)39(47)51-40(30)48)38(49-10)33(45)21-32(44)28(8)31(43)14-11-25(5)37-26(6)18-20-41(53-37)19-17-24(4)34(52-41)15-12-23(3)29(9)42/h22-26,28,31,33-34,36-38,43,45H,11-21H2,1-10H3. The summed E-state index contributed by atoms with van der Waals surface area (Å²) < 4.78 is 29.3. The van der Waals surface area contributed by atoms with E-state index in [1.54, 1.807) is 27.7 Å². The van der Waals surface area contributed by atoms with Crippen molar-refractivity contribution in [1.29, 1.82) is 0 Å². The molecule has 2 saturated heterocycles. The van der Waals surface area contributed by atoms with Gasteiger partial charge in [0.25, 0.3) is 0 Å². The number of methoxy groups -OCH3 is 1. The molecule has 3 heterocycles. The Labute approximate surface area is 316 Å². The van der Waals surface area contributed by atoms with E-state index in [0.29, 0.717) is 24.7 Å². The van der Waals surface area contributed by atoms with Crippen LogP contribution in [0.3, 0.4) is 0 Å². The quantitative estimate of drug-likeness (QED) is 0.113. The van der Waals surface area contributed by atoms with Gasteiger partial charge in [0.05, 0.1) is 24.4 Å². The van der Waals surface area contributed by atoms with Crippen LogP contribution in [-0.2, 0) is 47.7 Å². The zero-order chi connectivity index (χ0) is 39.8. The Balaban J connectivity index is 1.53. The van der Waals surface area contributed by atoms with E-state index in [1.807, 2.05) is 6.92 Å². The Morgan fingerprint density at radius 3 is 2.09 bits per heavy atom. The van der Waals surface area contributed by atoms with E-state index >= 15 is 0 Å². The van der Waals surface area contributed by atoms with Gasteiger partial charge >= 0.3 is 17.9 Å². The summed E-state index contributed by atoms with van der Waals surface area (Å²) in [6.07, 6.45) is 1.54. The predicted octanol–water partition coefficient (Wildman–Crippen LogP) is 5.81. The van der Waals surface area contributed by atoms with Crippen molar-refractivity contribution in [1.82, 2.24) is 0 Å². The molecule has 3 rings (SSSR count). The molecule has 2 N–H and O–H groups in total. The summed E-state index contributed by atoms with van der Waals surface area (Å²) in [7, 11) is 1.36. The minimum atomic E-state index is -1.31. The largest absolute Gasteiger partial charge is 0.459 e. The van der Waals surface area contributed by atoms with Gasteiger partial charge in [-0.25, -0.2) is 9.59 Å². The molecule has 0 aromatic rings. The number of carbonyl (C=O) groups is 5. The first kappa shape index (κ1) is 44.9. The topological polar surface area (TPSA) is 172 Å². The molecule has 0 amide bonds. The zero-order valence-corrected chi connectivity index (χ0v) is 33.7. The van der Waals surface area contributed by atoms with Crippen LogP contribution in [-0.4, -0.2) is 89.2 Å². The Morgan fingerprint density at radius 1 is 0.887 bits per heavy atom. The first-order valence-electron chi connectivity index (χ1n) is 19.7. The highest BCUT2D eigenvalue weighted by atomic mass is 16.7. The van der Waals surface area contributed by atoms with Crippen molar-refractivity contribution in [2.75, 3.05) is 7.11 Å². The van der Waals surface area contributed by atoms with E-state index < -0.39 is 54.0 Å². The molecule has 0 aromatic carbocycles. The molecule has 1 spiro atoms. The fourth-order valence-electron chi connectivity index (χ4n) is 7.92. The molecule has 12 nitrogen and oxygen atoms in total. The third-order valence-corrected chi connectivity index (χ3v) is 12.1. The van der Waals surface area contributed by atoms with E-state index in [2.05, 4.69) is 25.5 Å². The van der Waals surface area contributed by atoms with Crippen molar-refractivity contribution in [2.24, 2.45) is 35.5 Å². The van der Waals surface area contributed by atoms with Crippen LogP contribution < -0.4 is 0 Å². The maximum absolute atomic E-state index is 13.3. The Kier molecular flexibility index (Phi) is 16.8. The highest BCUT2D eigenvalue weighted by Gasteiger charge is 2.47. The number of aliphatic hydroxyl groups excluding tert-OH is 2. The second-order valence-electron chi connectivity index (χ2n) is 16.6. The zero-order valence-electron chi connectivity index (χ0n) is 33.7. The highest BCUT2D eigenvalue weighted by molar-refractivity contribution is 6.12. The van der Waals surface area contributed by atoms with E-state index in [-0.39, 0.29) is 71.9 Å². The lowest BCUT2D eigenvalue weighted by atomic mass is 9.79. The van der Waals surface area contributed by atoms with E-state index in [1.165, 1.54) is 14.0 Å². The van der Waals surface area contributed by atoms with Gasteiger partial charge < -0.3 is 33.9 Å². The van der Waals surface area contributed by atoms with Crippen LogP contribution in [0.5, 0.6) is 0 Å². The van der Waals surface area contributed by atoms with Gasteiger partial charge in [0, 0.05) is 55.8 Å². The van der Waals surface area contributed by atoms with Crippen molar-refractivity contribution in [3.05, 3.63) is 11.1 Å². The molecule has 53 heavy (non-hydrogen) atoms. The molecule has 0 aliphatic carbocycles. The molecule has 12 unspecified atom stereocenters. The van der Waals surface area contributed by atoms with Crippen LogP contribution in [0.4, 0.5) is 0 Å². The third-order valence-electron chi connectivity index (χ3n) is 12.1. The molecule has 3 aliphatic rings. The maximum Gasteiger partial charge on any atom is 0.342 e. The maximum atomic E-state index is 13.3. The summed E-state index contributed by atoms with van der Waals surface area (Å²) in [5.41, 5.74) is 0.289. The summed E-state index contributed by atoms with van der Waals surface area (Å²) >= 11 is 0. The van der Waals surface area contributed by atoms with Gasteiger partial charge in [-0.2, -0.15) is 0 Å². The number of hydrogen-bond donors (Lipinski definition) is 2. The molecule has 12 atom stereocenters. The Hall–Kier alpha value is -2.51.